The van der Waals surface area contributed by atoms with Gasteiger partial charge in [-0.15, -0.1) is 0 Å². The van der Waals surface area contributed by atoms with Gasteiger partial charge in [0.1, 0.15) is 5.52 Å². The quantitative estimate of drug-likeness (QED) is 0.799. The number of rotatable bonds is 3. The number of hydrogen-bond acceptors (Lipinski definition) is 4. The molecule has 0 bridgehead atoms. The van der Waals surface area contributed by atoms with E-state index in [2.05, 4.69) is 31.1 Å². The Bertz CT molecular complexity index is 511. The van der Waals surface area contributed by atoms with Gasteiger partial charge in [-0.05, 0) is 24.0 Å². The van der Waals surface area contributed by atoms with Crippen LogP contribution in [0.15, 0.2) is 22.6 Å². The van der Waals surface area contributed by atoms with Crippen molar-refractivity contribution in [1.29, 1.82) is 0 Å². The predicted octanol–water partition coefficient (Wildman–Crippen LogP) is 3.26. The second kappa shape index (κ2) is 4.28. The second-order valence-electron chi connectivity index (χ2n) is 5.48. The van der Waals surface area contributed by atoms with Crippen LogP contribution in [-0.4, -0.2) is 11.5 Å². The van der Waals surface area contributed by atoms with Gasteiger partial charge in [-0.1, -0.05) is 20.8 Å². The van der Waals surface area contributed by atoms with E-state index in [0.717, 1.165) is 24.1 Å². The van der Waals surface area contributed by atoms with Crippen molar-refractivity contribution in [2.24, 2.45) is 5.41 Å². The summed E-state index contributed by atoms with van der Waals surface area (Å²) in [6.07, 6.45) is 1.06. The minimum Gasteiger partial charge on any atom is -0.423 e. The minimum atomic E-state index is 0.309. The fourth-order valence-corrected chi connectivity index (χ4v) is 1.56. The largest absolute Gasteiger partial charge is 0.423 e. The van der Waals surface area contributed by atoms with Crippen molar-refractivity contribution in [2.45, 2.75) is 27.2 Å². The van der Waals surface area contributed by atoms with Gasteiger partial charge in [0.2, 0.25) is 0 Å². The summed E-state index contributed by atoms with van der Waals surface area (Å²) in [5.74, 6) is 0. The molecule has 0 aliphatic rings. The molecular formula is C13H19N3O. The maximum atomic E-state index is 5.68. The Labute approximate surface area is 101 Å². The lowest BCUT2D eigenvalue weighted by atomic mass is 9.92. The molecule has 17 heavy (non-hydrogen) atoms. The number of fused-ring (bicyclic) bond motifs is 1. The molecule has 3 N–H and O–H groups in total. The molecule has 0 saturated heterocycles. The topological polar surface area (TPSA) is 64.1 Å². The first-order valence-corrected chi connectivity index (χ1v) is 5.84. The van der Waals surface area contributed by atoms with Gasteiger partial charge in [0.25, 0.3) is 6.01 Å². The fourth-order valence-electron chi connectivity index (χ4n) is 1.56. The number of oxazole rings is 1. The third kappa shape index (κ3) is 3.12. The zero-order valence-electron chi connectivity index (χ0n) is 10.6. The van der Waals surface area contributed by atoms with Gasteiger partial charge in [0.15, 0.2) is 5.58 Å². The predicted molar refractivity (Wildman–Crippen MR) is 71.0 cm³/mol. The van der Waals surface area contributed by atoms with Crippen LogP contribution in [-0.2, 0) is 0 Å². The monoisotopic (exact) mass is 233 g/mol. The van der Waals surface area contributed by atoms with Crippen LogP contribution in [0.25, 0.3) is 11.1 Å². The first kappa shape index (κ1) is 11.8. The molecule has 92 valence electrons. The van der Waals surface area contributed by atoms with Crippen molar-refractivity contribution in [3.05, 3.63) is 18.2 Å². The van der Waals surface area contributed by atoms with Crippen LogP contribution in [0.2, 0.25) is 0 Å². The molecule has 0 unspecified atom stereocenters. The van der Waals surface area contributed by atoms with E-state index in [-0.39, 0.29) is 0 Å². The third-order valence-electron chi connectivity index (χ3n) is 2.56. The molecule has 2 rings (SSSR count). The van der Waals surface area contributed by atoms with E-state index in [1.807, 2.05) is 12.1 Å². The molecule has 1 heterocycles. The van der Waals surface area contributed by atoms with E-state index in [0.29, 0.717) is 17.1 Å². The molecule has 0 fully saturated rings. The number of nitrogen functional groups attached to an aromatic ring is 1. The van der Waals surface area contributed by atoms with Crippen molar-refractivity contribution in [3.63, 3.8) is 0 Å². The molecule has 4 nitrogen and oxygen atoms in total. The van der Waals surface area contributed by atoms with Crippen LogP contribution in [0.1, 0.15) is 27.2 Å². The first-order chi connectivity index (χ1) is 7.94. The lowest BCUT2D eigenvalue weighted by molar-refractivity contribution is 0.388. The highest BCUT2D eigenvalue weighted by atomic mass is 16.4. The van der Waals surface area contributed by atoms with Gasteiger partial charge in [0, 0.05) is 18.3 Å². The van der Waals surface area contributed by atoms with Crippen LogP contribution < -0.4 is 11.1 Å². The number of nitrogens with two attached hydrogens (primary N) is 1. The van der Waals surface area contributed by atoms with Gasteiger partial charge in [-0.3, -0.25) is 0 Å². The van der Waals surface area contributed by atoms with Crippen LogP contribution in [0, 0.1) is 5.41 Å². The maximum absolute atomic E-state index is 5.68. The van der Waals surface area contributed by atoms with Crippen LogP contribution in [0.5, 0.6) is 0 Å². The zero-order chi connectivity index (χ0) is 12.5. The molecule has 0 aliphatic carbocycles. The summed E-state index contributed by atoms with van der Waals surface area (Å²) in [6, 6.07) is 6.04. The lowest BCUT2D eigenvalue weighted by Gasteiger charge is -2.17. The van der Waals surface area contributed by atoms with Gasteiger partial charge in [0.05, 0.1) is 0 Å². The molecule has 0 aliphatic heterocycles. The van der Waals surface area contributed by atoms with Crippen LogP contribution in [0.3, 0.4) is 0 Å². The van der Waals surface area contributed by atoms with E-state index in [4.69, 9.17) is 10.2 Å². The minimum absolute atomic E-state index is 0.309. The molecule has 1 aromatic heterocycles. The fraction of sp³-hybridized carbons (Fsp3) is 0.462. The molecule has 0 atom stereocenters. The van der Waals surface area contributed by atoms with Gasteiger partial charge >= 0.3 is 0 Å². The van der Waals surface area contributed by atoms with Crippen LogP contribution >= 0.6 is 0 Å². The molecule has 0 radical (unpaired) electrons. The summed E-state index contributed by atoms with van der Waals surface area (Å²) in [5, 5.41) is 3.19. The van der Waals surface area contributed by atoms with Crippen molar-refractivity contribution >= 4 is 22.8 Å². The molecule has 0 spiro atoms. The SMILES string of the molecule is CC(C)(C)CCNc1nc2ccc(N)cc2o1. The van der Waals surface area contributed by atoms with Gasteiger partial charge in [-0.25, -0.2) is 0 Å². The van der Waals surface area contributed by atoms with Gasteiger partial charge < -0.3 is 15.5 Å². The van der Waals surface area contributed by atoms with Crippen LogP contribution in [0.4, 0.5) is 11.7 Å². The number of anilines is 2. The Hall–Kier alpha value is -1.71. The average molecular weight is 233 g/mol. The summed E-state index contributed by atoms with van der Waals surface area (Å²) in [6.45, 7) is 7.48. The Morgan fingerprint density at radius 2 is 2.12 bits per heavy atom. The lowest BCUT2D eigenvalue weighted by Crippen LogP contribution is -2.12. The number of aromatic nitrogens is 1. The highest BCUT2D eigenvalue weighted by Crippen LogP contribution is 2.22. The molecule has 0 saturated carbocycles. The summed E-state index contributed by atoms with van der Waals surface area (Å²) < 4.78 is 5.56. The number of hydrogen-bond donors (Lipinski definition) is 2. The van der Waals surface area contributed by atoms with E-state index >= 15 is 0 Å². The second-order valence-corrected chi connectivity index (χ2v) is 5.48. The van der Waals surface area contributed by atoms with E-state index in [9.17, 15) is 0 Å². The van der Waals surface area contributed by atoms with Crippen molar-refractivity contribution in [2.75, 3.05) is 17.6 Å². The number of nitrogens with one attached hydrogen (secondary N) is 1. The number of nitrogens with zero attached hydrogens (tertiary/aromatic N) is 1. The highest BCUT2D eigenvalue weighted by molar-refractivity contribution is 5.77. The average Bonchev–Trinajstić information content (AvgIpc) is 2.57. The molecular weight excluding hydrogens is 214 g/mol. The Kier molecular flexibility index (Phi) is 2.96. The van der Waals surface area contributed by atoms with Crippen molar-refractivity contribution in [1.82, 2.24) is 4.98 Å². The summed E-state index contributed by atoms with van der Waals surface area (Å²) in [7, 11) is 0. The third-order valence-corrected chi connectivity index (χ3v) is 2.56. The maximum Gasteiger partial charge on any atom is 0.295 e. The number of benzene rings is 1. The molecule has 0 amide bonds. The smallest absolute Gasteiger partial charge is 0.295 e. The summed E-state index contributed by atoms with van der Waals surface area (Å²) >= 11 is 0. The molecule has 2 aromatic rings. The Morgan fingerprint density at radius 3 is 2.82 bits per heavy atom. The normalized spacial score (nSPS) is 11.9. The van der Waals surface area contributed by atoms with E-state index < -0.39 is 0 Å². The molecule has 4 heteroatoms. The van der Waals surface area contributed by atoms with Crippen molar-refractivity contribution < 1.29 is 4.42 Å². The standard InChI is InChI=1S/C13H19N3O/c1-13(2,3)6-7-15-12-16-10-5-4-9(14)8-11(10)17-12/h4-5,8H,6-7,14H2,1-3H3,(H,15,16). The Balaban J connectivity index is 2.05. The summed E-state index contributed by atoms with van der Waals surface area (Å²) in [4.78, 5) is 4.34. The first-order valence-electron chi connectivity index (χ1n) is 5.84. The zero-order valence-corrected chi connectivity index (χ0v) is 10.6. The van der Waals surface area contributed by atoms with Gasteiger partial charge in [-0.2, -0.15) is 4.98 Å². The highest BCUT2D eigenvalue weighted by Gasteiger charge is 2.10. The van der Waals surface area contributed by atoms with E-state index in [1.165, 1.54) is 0 Å². The summed E-state index contributed by atoms with van der Waals surface area (Å²) in [5.41, 5.74) is 8.24. The Morgan fingerprint density at radius 1 is 1.35 bits per heavy atom. The van der Waals surface area contributed by atoms with Crippen molar-refractivity contribution in [3.8, 4) is 0 Å². The molecule has 1 aromatic carbocycles. The van der Waals surface area contributed by atoms with E-state index in [1.54, 1.807) is 6.07 Å².